The fourth-order valence-electron chi connectivity index (χ4n) is 3.06. The highest BCUT2D eigenvalue weighted by Gasteiger charge is 2.24. The summed E-state index contributed by atoms with van der Waals surface area (Å²) in [7, 11) is 1.72. The molecule has 1 aliphatic heterocycles. The Morgan fingerprint density at radius 3 is 2.44 bits per heavy atom. The SMILES string of the molecule is CNc1ncc(C(=O)NCC(c2ccc(F)cc2)N2CCCC2)cn1. The van der Waals surface area contributed by atoms with Gasteiger partial charge in [-0.15, -0.1) is 0 Å². The molecule has 1 unspecified atom stereocenters. The normalized spacial score (nSPS) is 15.8. The van der Waals surface area contributed by atoms with Gasteiger partial charge in [-0.25, -0.2) is 14.4 Å². The Hall–Kier alpha value is -2.54. The van der Waals surface area contributed by atoms with Crippen molar-refractivity contribution >= 4 is 11.9 Å². The number of halogens is 1. The van der Waals surface area contributed by atoms with Crippen molar-refractivity contribution < 1.29 is 9.18 Å². The molecule has 1 aromatic heterocycles. The van der Waals surface area contributed by atoms with Crippen molar-refractivity contribution in [1.82, 2.24) is 20.2 Å². The molecule has 1 amide bonds. The van der Waals surface area contributed by atoms with Gasteiger partial charge in [-0.1, -0.05) is 12.1 Å². The van der Waals surface area contributed by atoms with E-state index in [1.807, 2.05) is 0 Å². The minimum absolute atomic E-state index is 0.0320. The number of anilines is 1. The van der Waals surface area contributed by atoms with E-state index >= 15 is 0 Å². The molecule has 0 spiro atoms. The second-order valence-corrected chi connectivity index (χ2v) is 6.07. The fraction of sp³-hybridized carbons (Fsp3) is 0.389. The summed E-state index contributed by atoms with van der Waals surface area (Å²) in [4.78, 5) is 22.8. The van der Waals surface area contributed by atoms with E-state index in [2.05, 4.69) is 25.5 Å². The Kier molecular flexibility index (Phi) is 5.55. The average molecular weight is 343 g/mol. The zero-order valence-electron chi connectivity index (χ0n) is 14.2. The van der Waals surface area contributed by atoms with Crippen molar-refractivity contribution in [2.45, 2.75) is 18.9 Å². The first kappa shape index (κ1) is 17.3. The molecular weight excluding hydrogens is 321 g/mol. The van der Waals surface area contributed by atoms with Gasteiger partial charge in [0.2, 0.25) is 5.95 Å². The lowest BCUT2D eigenvalue weighted by Crippen LogP contribution is -2.36. The zero-order chi connectivity index (χ0) is 17.6. The van der Waals surface area contributed by atoms with Crippen LogP contribution in [0.1, 0.15) is 34.8 Å². The molecule has 0 bridgehead atoms. The van der Waals surface area contributed by atoms with Crippen LogP contribution < -0.4 is 10.6 Å². The predicted octanol–water partition coefficient (Wildman–Crippen LogP) is 2.22. The first-order chi connectivity index (χ1) is 12.2. The third kappa shape index (κ3) is 4.30. The number of carbonyl (C=O) groups excluding carboxylic acids is 1. The van der Waals surface area contributed by atoms with Crippen LogP contribution in [0.25, 0.3) is 0 Å². The van der Waals surface area contributed by atoms with Crippen molar-refractivity contribution in [2.75, 3.05) is 32.0 Å². The summed E-state index contributed by atoms with van der Waals surface area (Å²) in [5.74, 6) is 0.00139. The molecule has 0 aliphatic carbocycles. The first-order valence-electron chi connectivity index (χ1n) is 8.45. The van der Waals surface area contributed by atoms with Gasteiger partial charge in [0.05, 0.1) is 11.6 Å². The lowest BCUT2D eigenvalue weighted by atomic mass is 10.1. The quantitative estimate of drug-likeness (QED) is 0.842. The second kappa shape index (κ2) is 8.02. The monoisotopic (exact) mass is 343 g/mol. The molecule has 1 fully saturated rings. The third-order valence-electron chi connectivity index (χ3n) is 4.43. The number of hydrogen-bond donors (Lipinski definition) is 2. The Bertz CT molecular complexity index is 698. The molecule has 2 N–H and O–H groups in total. The lowest BCUT2D eigenvalue weighted by molar-refractivity contribution is 0.0937. The molecule has 2 aromatic rings. The number of hydrogen-bond acceptors (Lipinski definition) is 5. The molecule has 25 heavy (non-hydrogen) atoms. The summed E-state index contributed by atoms with van der Waals surface area (Å²) in [6.45, 7) is 2.42. The van der Waals surface area contributed by atoms with Crippen molar-refractivity contribution in [1.29, 1.82) is 0 Å². The molecule has 1 aliphatic rings. The maximum Gasteiger partial charge on any atom is 0.254 e. The van der Waals surface area contributed by atoms with Crippen LogP contribution in [0, 0.1) is 5.82 Å². The smallest absolute Gasteiger partial charge is 0.254 e. The highest BCUT2D eigenvalue weighted by atomic mass is 19.1. The Labute approximate surface area is 146 Å². The molecule has 132 valence electrons. The molecular formula is C18H22FN5O. The minimum Gasteiger partial charge on any atom is -0.357 e. The number of aromatic nitrogens is 2. The Morgan fingerprint density at radius 2 is 1.84 bits per heavy atom. The number of nitrogens with zero attached hydrogens (tertiary/aromatic N) is 3. The fourth-order valence-corrected chi connectivity index (χ4v) is 3.06. The van der Waals surface area contributed by atoms with Crippen LogP contribution in [0.3, 0.4) is 0 Å². The summed E-state index contributed by atoms with van der Waals surface area (Å²) in [5, 5.41) is 5.77. The van der Waals surface area contributed by atoms with Crippen LogP contribution in [0.4, 0.5) is 10.3 Å². The van der Waals surface area contributed by atoms with Crippen LogP contribution in [0.2, 0.25) is 0 Å². The van der Waals surface area contributed by atoms with E-state index < -0.39 is 0 Å². The number of rotatable bonds is 6. The van der Waals surface area contributed by atoms with Gasteiger partial charge in [0.15, 0.2) is 0 Å². The van der Waals surface area contributed by atoms with Crippen molar-refractivity contribution in [3.8, 4) is 0 Å². The van der Waals surface area contributed by atoms with E-state index in [4.69, 9.17) is 0 Å². The summed E-state index contributed by atoms with van der Waals surface area (Å²) in [6.07, 6.45) is 5.28. The maximum absolute atomic E-state index is 13.2. The molecule has 6 nitrogen and oxygen atoms in total. The van der Waals surface area contributed by atoms with E-state index in [1.54, 1.807) is 19.2 Å². The summed E-state index contributed by atoms with van der Waals surface area (Å²) >= 11 is 0. The number of likely N-dealkylation sites (tertiary alicyclic amines) is 1. The van der Waals surface area contributed by atoms with E-state index in [0.717, 1.165) is 31.5 Å². The Morgan fingerprint density at radius 1 is 1.20 bits per heavy atom. The average Bonchev–Trinajstić information content (AvgIpc) is 3.17. The largest absolute Gasteiger partial charge is 0.357 e. The molecule has 1 aromatic carbocycles. The minimum atomic E-state index is -0.255. The number of nitrogens with one attached hydrogen (secondary N) is 2. The summed E-state index contributed by atoms with van der Waals surface area (Å²) in [6, 6.07) is 6.53. The van der Waals surface area contributed by atoms with Gasteiger partial charge in [-0.3, -0.25) is 9.69 Å². The maximum atomic E-state index is 13.2. The standard InChI is InChI=1S/C18H22FN5O/c1-20-18-22-10-14(11-23-18)17(25)21-12-16(24-8-2-3-9-24)13-4-6-15(19)7-5-13/h4-7,10-11,16H,2-3,8-9,12H2,1H3,(H,21,25)(H,20,22,23). The van der Waals surface area contributed by atoms with Crippen LogP contribution in [0.5, 0.6) is 0 Å². The van der Waals surface area contributed by atoms with Gasteiger partial charge in [0.1, 0.15) is 5.82 Å². The van der Waals surface area contributed by atoms with Gasteiger partial charge in [0, 0.05) is 26.0 Å². The van der Waals surface area contributed by atoms with Crippen LogP contribution in [0.15, 0.2) is 36.7 Å². The first-order valence-corrected chi connectivity index (χ1v) is 8.45. The van der Waals surface area contributed by atoms with Crippen molar-refractivity contribution in [3.05, 3.63) is 53.6 Å². The second-order valence-electron chi connectivity index (χ2n) is 6.07. The molecule has 0 radical (unpaired) electrons. The van der Waals surface area contributed by atoms with E-state index in [9.17, 15) is 9.18 Å². The number of benzene rings is 1. The Balaban J connectivity index is 1.69. The van der Waals surface area contributed by atoms with Crippen molar-refractivity contribution in [3.63, 3.8) is 0 Å². The lowest BCUT2D eigenvalue weighted by Gasteiger charge is -2.28. The van der Waals surface area contributed by atoms with Crippen molar-refractivity contribution in [2.24, 2.45) is 0 Å². The number of carbonyl (C=O) groups is 1. The molecule has 7 heteroatoms. The van der Waals surface area contributed by atoms with Crippen LogP contribution in [-0.4, -0.2) is 47.5 Å². The van der Waals surface area contributed by atoms with Crippen LogP contribution in [-0.2, 0) is 0 Å². The van der Waals surface area contributed by atoms with E-state index in [1.165, 1.54) is 24.5 Å². The van der Waals surface area contributed by atoms with Gasteiger partial charge in [-0.2, -0.15) is 0 Å². The van der Waals surface area contributed by atoms with Gasteiger partial charge in [-0.05, 0) is 43.6 Å². The summed E-state index contributed by atoms with van der Waals surface area (Å²) in [5.41, 5.74) is 1.42. The van der Waals surface area contributed by atoms with Gasteiger partial charge >= 0.3 is 0 Å². The molecule has 2 heterocycles. The van der Waals surface area contributed by atoms with E-state index in [0.29, 0.717) is 18.1 Å². The van der Waals surface area contributed by atoms with Gasteiger partial charge < -0.3 is 10.6 Å². The molecule has 1 atom stereocenters. The number of amides is 1. The third-order valence-corrected chi connectivity index (χ3v) is 4.43. The zero-order valence-corrected chi connectivity index (χ0v) is 14.2. The topological polar surface area (TPSA) is 70.2 Å². The molecule has 1 saturated heterocycles. The van der Waals surface area contributed by atoms with E-state index in [-0.39, 0.29) is 17.8 Å². The predicted molar refractivity (Wildman–Crippen MR) is 93.9 cm³/mol. The van der Waals surface area contributed by atoms with Gasteiger partial charge in [0.25, 0.3) is 5.91 Å². The summed E-state index contributed by atoms with van der Waals surface area (Å²) < 4.78 is 13.2. The highest BCUT2D eigenvalue weighted by molar-refractivity contribution is 5.93. The highest BCUT2D eigenvalue weighted by Crippen LogP contribution is 2.24. The molecule has 0 saturated carbocycles. The van der Waals surface area contributed by atoms with Crippen LogP contribution >= 0.6 is 0 Å². The molecule has 3 rings (SSSR count).